The van der Waals surface area contributed by atoms with E-state index in [-0.39, 0.29) is 18.0 Å². The highest BCUT2D eigenvalue weighted by Crippen LogP contribution is 2.11. The molecule has 0 fully saturated rings. The summed E-state index contributed by atoms with van der Waals surface area (Å²) in [4.78, 5) is 0. The van der Waals surface area contributed by atoms with Crippen molar-refractivity contribution in [3.8, 4) is 0 Å². The third kappa shape index (κ3) is 8.56. The fourth-order valence-corrected chi connectivity index (χ4v) is 1.43. The van der Waals surface area contributed by atoms with E-state index in [2.05, 4.69) is 0 Å². The molecule has 0 aromatic rings. The Labute approximate surface area is 84.5 Å². The van der Waals surface area contributed by atoms with Crippen molar-refractivity contribution >= 4 is 11.8 Å². The molecule has 2 atom stereocenters. The molecule has 0 saturated carbocycles. The van der Waals surface area contributed by atoms with Gasteiger partial charge in [-0.15, -0.1) is 0 Å². The molecule has 0 aliphatic carbocycles. The van der Waals surface area contributed by atoms with Crippen LogP contribution in [0.1, 0.15) is 20.8 Å². The Morgan fingerprint density at radius 1 is 1.31 bits per heavy atom. The minimum atomic E-state index is -0.429. The summed E-state index contributed by atoms with van der Waals surface area (Å²) in [5, 5.41) is 18.3. The number of ether oxygens (including phenoxy) is 1. The van der Waals surface area contributed by atoms with Gasteiger partial charge in [0.2, 0.25) is 0 Å². The van der Waals surface area contributed by atoms with Crippen LogP contribution in [0.25, 0.3) is 0 Å². The van der Waals surface area contributed by atoms with Crippen LogP contribution in [-0.4, -0.2) is 46.6 Å². The molecule has 0 radical (unpaired) electrons. The smallest absolute Gasteiger partial charge is 0.0864 e. The monoisotopic (exact) mass is 208 g/mol. The molecule has 0 heterocycles. The molecule has 0 saturated heterocycles. The normalized spacial score (nSPS) is 16.2. The van der Waals surface area contributed by atoms with Crippen LogP contribution in [-0.2, 0) is 4.74 Å². The van der Waals surface area contributed by atoms with Gasteiger partial charge in [0.25, 0.3) is 0 Å². The van der Waals surface area contributed by atoms with Crippen molar-refractivity contribution in [2.24, 2.45) is 0 Å². The number of aliphatic hydroxyl groups excluding tert-OH is 2. The van der Waals surface area contributed by atoms with Gasteiger partial charge in [-0.1, -0.05) is 6.92 Å². The van der Waals surface area contributed by atoms with Crippen LogP contribution in [0.3, 0.4) is 0 Å². The molecular weight excluding hydrogens is 188 g/mol. The van der Waals surface area contributed by atoms with Crippen molar-refractivity contribution in [2.45, 2.75) is 38.2 Å². The maximum absolute atomic E-state index is 9.41. The van der Waals surface area contributed by atoms with Gasteiger partial charge in [0.05, 0.1) is 25.4 Å². The summed E-state index contributed by atoms with van der Waals surface area (Å²) >= 11 is 1.56. The minimum Gasteiger partial charge on any atom is -0.395 e. The Bertz CT molecular complexity index is 119. The Morgan fingerprint density at radius 2 is 1.92 bits per heavy atom. The summed E-state index contributed by atoms with van der Waals surface area (Å²) in [6.07, 6.45) is -0.267. The summed E-state index contributed by atoms with van der Waals surface area (Å²) in [5.74, 6) is 0.619. The lowest BCUT2D eigenvalue weighted by Crippen LogP contribution is -2.22. The van der Waals surface area contributed by atoms with Crippen LogP contribution in [0.15, 0.2) is 0 Å². The van der Waals surface area contributed by atoms with Crippen molar-refractivity contribution in [3.05, 3.63) is 0 Å². The number of hydrogen-bond donors (Lipinski definition) is 2. The molecule has 0 aliphatic heterocycles. The lowest BCUT2D eigenvalue weighted by atomic mass is 10.4. The molecule has 0 amide bonds. The van der Waals surface area contributed by atoms with Crippen molar-refractivity contribution in [1.29, 1.82) is 0 Å². The van der Waals surface area contributed by atoms with E-state index in [1.165, 1.54) is 0 Å². The molecule has 13 heavy (non-hydrogen) atoms. The fraction of sp³-hybridized carbons (Fsp3) is 1.00. The quantitative estimate of drug-likeness (QED) is 0.652. The molecule has 0 bridgehead atoms. The Balaban J connectivity index is 3.34. The topological polar surface area (TPSA) is 49.7 Å². The first-order valence-electron chi connectivity index (χ1n) is 4.58. The summed E-state index contributed by atoms with van der Waals surface area (Å²) in [7, 11) is 0. The van der Waals surface area contributed by atoms with Gasteiger partial charge < -0.3 is 14.9 Å². The lowest BCUT2D eigenvalue weighted by Gasteiger charge is -2.14. The average Bonchev–Trinajstić information content (AvgIpc) is 2.10. The minimum absolute atomic E-state index is 0.155. The first-order chi connectivity index (χ1) is 6.06. The molecule has 0 aromatic heterocycles. The van der Waals surface area contributed by atoms with E-state index in [1.54, 1.807) is 11.8 Å². The van der Waals surface area contributed by atoms with E-state index in [4.69, 9.17) is 9.84 Å². The second kappa shape index (κ2) is 7.62. The predicted molar refractivity (Wildman–Crippen MR) is 56.1 cm³/mol. The molecule has 2 unspecified atom stereocenters. The average molecular weight is 208 g/mol. The standard InChI is InChI=1S/C9H20O3S/c1-7(2)12-5-9(11)6-13-8(3)4-10/h7-11H,4-6H2,1-3H3. The van der Waals surface area contributed by atoms with Crippen LogP contribution in [0.4, 0.5) is 0 Å². The fourth-order valence-electron chi connectivity index (χ4n) is 0.680. The molecule has 80 valence electrons. The van der Waals surface area contributed by atoms with Crippen molar-refractivity contribution in [3.63, 3.8) is 0 Å². The second-order valence-electron chi connectivity index (χ2n) is 3.36. The molecule has 0 spiro atoms. The van der Waals surface area contributed by atoms with Gasteiger partial charge in [-0.05, 0) is 13.8 Å². The van der Waals surface area contributed by atoms with Crippen molar-refractivity contribution < 1.29 is 14.9 Å². The molecule has 0 aromatic carbocycles. The van der Waals surface area contributed by atoms with E-state index < -0.39 is 6.10 Å². The lowest BCUT2D eigenvalue weighted by molar-refractivity contribution is 0.0152. The number of hydrogen-bond acceptors (Lipinski definition) is 4. The molecule has 4 heteroatoms. The van der Waals surface area contributed by atoms with Gasteiger partial charge in [0.15, 0.2) is 0 Å². The van der Waals surface area contributed by atoms with E-state index in [0.717, 1.165) is 0 Å². The van der Waals surface area contributed by atoms with E-state index in [1.807, 2.05) is 20.8 Å². The van der Waals surface area contributed by atoms with Crippen molar-refractivity contribution in [1.82, 2.24) is 0 Å². The molecule has 2 N–H and O–H groups in total. The summed E-state index contributed by atoms with van der Waals surface area (Å²) in [6.45, 7) is 6.35. The van der Waals surface area contributed by atoms with E-state index >= 15 is 0 Å². The Morgan fingerprint density at radius 3 is 2.38 bits per heavy atom. The third-order valence-electron chi connectivity index (χ3n) is 1.45. The number of rotatable bonds is 7. The summed E-state index contributed by atoms with van der Waals surface area (Å²) in [6, 6.07) is 0. The Kier molecular flexibility index (Phi) is 7.75. The zero-order valence-electron chi connectivity index (χ0n) is 8.56. The van der Waals surface area contributed by atoms with Gasteiger partial charge in [0, 0.05) is 11.0 Å². The predicted octanol–water partition coefficient (Wildman–Crippen LogP) is 0.886. The van der Waals surface area contributed by atoms with E-state index in [9.17, 15) is 5.11 Å². The zero-order chi connectivity index (χ0) is 10.3. The highest BCUT2D eigenvalue weighted by molar-refractivity contribution is 7.99. The van der Waals surface area contributed by atoms with Crippen LogP contribution in [0, 0.1) is 0 Å². The maximum atomic E-state index is 9.41. The first kappa shape index (κ1) is 13.2. The van der Waals surface area contributed by atoms with Gasteiger partial charge in [-0.25, -0.2) is 0 Å². The molecular formula is C9H20O3S. The van der Waals surface area contributed by atoms with E-state index in [0.29, 0.717) is 12.4 Å². The SMILES string of the molecule is CC(C)OCC(O)CSC(C)CO. The van der Waals surface area contributed by atoms with Crippen molar-refractivity contribution in [2.75, 3.05) is 19.0 Å². The Hall–Kier alpha value is 0.230. The molecule has 0 aliphatic rings. The summed E-state index contributed by atoms with van der Waals surface area (Å²) in [5.41, 5.74) is 0. The molecule has 3 nitrogen and oxygen atoms in total. The number of thioether (sulfide) groups is 1. The molecule has 0 rings (SSSR count). The first-order valence-corrected chi connectivity index (χ1v) is 5.63. The van der Waals surface area contributed by atoms with Gasteiger partial charge in [-0.2, -0.15) is 11.8 Å². The third-order valence-corrected chi connectivity index (χ3v) is 2.75. The van der Waals surface area contributed by atoms with Crippen LogP contribution in [0.2, 0.25) is 0 Å². The maximum Gasteiger partial charge on any atom is 0.0864 e. The largest absolute Gasteiger partial charge is 0.395 e. The van der Waals surface area contributed by atoms with Crippen LogP contribution < -0.4 is 0 Å². The van der Waals surface area contributed by atoms with Gasteiger partial charge in [-0.3, -0.25) is 0 Å². The van der Waals surface area contributed by atoms with Crippen LogP contribution >= 0.6 is 11.8 Å². The zero-order valence-corrected chi connectivity index (χ0v) is 9.38. The number of aliphatic hydroxyl groups is 2. The highest BCUT2D eigenvalue weighted by atomic mass is 32.2. The second-order valence-corrected chi connectivity index (χ2v) is 4.83. The summed E-state index contributed by atoms with van der Waals surface area (Å²) < 4.78 is 5.24. The highest BCUT2D eigenvalue weighted by Gasteiger charge is 2.08. The van der Waals surface area contributed by atoms with Gasteiger partial charge >= 0.3 is 0 Å². The van der Waals surface area contributed by atoms with Crippen LogP contribution in [0.5, 0.6) is 0 Å². The van der Waals surface area contributed by atoms with Gasteiger partial charge in [0.1, 0.15) is 0 Å².